The van der Waals surface area contributed by atoms with Gasteiger partial charge in [-0.25, -0.2) is 0 Å². The Morgan fingerprint density at radius 3 is 2.68 bits per heavy atom. The lowest BCUT2D eigenvalue weighted by molar-refractivity contribution is 0.0520. The van der Waals surface area contributed by atoms with Crippen LogP contribution >= 0.6 is 0 Å². The minimum Gasteiger partial charge on any atom is -0.480 e. The number of carbonyl (C=O) groups is 1. The molecule has 1 fully saturated rings. The number of aromatic amines is 1. The highest BCUT2D eigenvalue weighted by Gasteiger charge is 2.27. The molecule has 1 aliphatic rings. The predicted molar refractivity (Wildman–Crippen MR) is 102 cm³/mol. The van der Waals surface area contributed by atoms with Gasteiger partial charge < -0.3 is 14.4 Å². The lowest BCUT2D eigenvalue weighted by Crippen LogP contribution is -2.44. The Bertz CT molecular complexity index is 927. The SMILES string of the molecule is COc1ccc(OC2CCCN(C(=O)c3cc(-c4ccccc4)n[nH]3)C2)nn1. The standard InChI is InChI=1S/C20H21N5O3/c1-27-18-9-10-19(24-23-18)28-15-8-5-11-25(13-15)20(26)17-12-16(21-22-17)14-6-3-2-4-7-14/h2-4,6-7,9-10,12,15H,5,8,11,13H2,1H3,(H,21,22). The smallest absolute Gasteiger partial charge is 0.272 e. The van der Waals surface area contributed by atoms with Crippen molar-refractivity contribution >= 4 is 5.91 Å². The van der Waals surface area contributed by atoms with Crippen LogP contribution < -0.4 is 9.47 Å². The number of rotatable bonds is 5. The first-order valence-electron chi connectivity index (χ1n) is 9.17. The molecular weight excluding hydrogens is 358 g/mol. The van der Waals surface area contributed by atoms with Gasteiger partial charge in [0.05, 0.1) is 19.3 Å². The van der Waals surface area contributed by atoms with E-state index in [2.05, 4.69) is 20.4 Å². The van der Waals surface area contributed by atoms with Crippen LogP contribution in [-0.2, 0) is 0 Å². The van der Waals surface area contributed by atoms with Crippen LogP contribution in [0.3, 0.4) is 0 Å². The molecule has 1 aromatic carbocycles. The summed E-state index contributed by atoms with van der Waals surface area (Å²) >= 11 is 0. The molecule has 144 valence electrons. The van der Waals surface area contributed by atoms with Gasteiger partial charge in [-0.15, -0.1) is 10.2 Å². The van der Waals surface area contributed by atoms with E-state index in [1.54, 1.807) is 23.1 Å². The summed E-state index contributed by atoms with van der Waals surface area (Å²) in [6.07, 6.45) is 1.59. The maximum Gasteiger partial charge on any atom is 0.272 e. The Hall–Kier alpha value is -3.42. The number of amides is 1. The van der Waals surface area contributed by atoms with E-state index in [9.17, 15) is 4.79 Å². The second kappa shape index (κ2) is 8.08. The average Bonchev–Trinajstić information content (AvgIpc) is 3.25. The summed E-state index contributed by atoms with van der Waals surface area (Å²) in [5, 5.41) is 15.0. The van der Waals surface area contributed by atoms with Crippen molar-refractivity contribution in [3.8, 4) is 23.0 Å². The van der Waals surface area contributed by atoms with Gasteiger partial charge in [0.25, 0.3) is 5.91 Å². The van der Waals surface area contributed by atoms with Crippen LogP contribution in [0.25, 0.3) is 11.3 Å². The molecule has 0 aliphatic carbocycles. The van der Waals surface area contributed by atoms with E-state index in [-0.39, 0.29) is 12.0 Å². The molecule has 3 aromatic rings. The molecule has 1 atom stereocenters. The van der Waals surface area contributed by atoms with Crippen molar-refractivity contribution < 1.29 is 14.3 Å². The molecule has 1 saturated heterocycles. The number of benzene rings is 1. The minimum absolute atomic E-state index is 0.0798. The Morgan fingerprint density at radius 2 is 1.93 bits per heavy atom. The Balaban J connectivity index is 1.41. The summed E-state index contributed by atoms with van der Waals surface area (Å²) in [6.45, 7) is 1.18. The van der Waals surface area contributed by atoms with E-state index < -0.39 is 0 Å². The molecule has 28 heavy (non-hydrogen) atoms. The zero-order valence-corrected chi connectivity index (χ0v) is 15.5. The molecule has 8 nitrogen and oxygen atoms in total. The zero-order chi connectivity index (χ0) is 19.3. The van der Waals surface area contributed by atoms with E-state index >= 15 is 0 Å². The second-order valence-corrected chi connectivity index (χ2v) is 6.58. The summed E-state index contributed by atoms with van der Waals surface area (Å²) in [6, 6.07) is 15.0. The van der Waals surface area contributed by atoms with Crippen LogP contribution in [0.15, 0.2) is 48.5 Å². The first kappa shape index (κ1) is 18.0. The van der Waals surface area contributed by atoms with Crippen LogP contribution in [0.2, 0.25) is 0 Å². The molecule has 2 aromatic heterocycles. The fourth-order valence-electron chi connectivity index (χ4n) is 3.23. The lowest BCUT2D eigenvalue weighted by Gasteiger charge is -2.32. The van der Waals surface area contributed by atoms with Gasteiger partial charge in [-0.05, 0) is 18.9 Å². The Kier molecular flexibility index (Phi) is 5.18. The lowest BCUT2D eigenvalue weighted by atomic mass is 10.1. The monoisotopic (exact) mass is 379 g/mol. The van der Waals surface area contributed by atoms with Crippen LogP contribution in [-0.4, -0.2) is 57.5 Å². The van der Waals surface area contributed by atoms with Gasteiger partial charge in [-0.1, -0.05) is 30.3 Å². The number of hydrogen-bond donors (Lipinski definition) is 1. The van der Waals surface area contributed by atoms with E-state index in [1.165, 1.54) is 7.11 Å². The van der Waals surface area contributed by atoms with Crippen molar-refractivity contribution in [3.63, 3.8) is 0 Å². The van der Waals surface area contributed by atoms with Crippen molar-refractivity contribution in [2.24, 2.45) is 0 Å². The van der Waals surface area contributed by atoms with Crippen molar-refractivity contribution in [1.82, 2.24) is 25.3 Å². The first-order chi connectivity index (χ1) is 13.7. The topological polar surface area (TPSA) is 93.2 Å². The van der Waals surface area contributed by atoms with Gasteiger partial charge in [-0.3, -0.25) is 9.89 Å². The van der Waals surface area contributed by atoms with Gasteiger partial charge >= 0.3 is 0 Å². The van der Waals surface area contributed by atoms with E-state index in [1.807, 2.05) is 30.3 Å². The van der Waals surface area contributed by atoms with Crippen LogP contribution in [0.5, 0.6) is 11.8 Å². The second-order valence-electron chi connectivity index (χ2n) is 6.58. The van der Waals surface area contributed by atoms with E-state index in [0.717, 1.165) is 24.1 Å². The minimum atomic E-state index is -0.128. The molecule has 0 spiro atoms. The molecule has 1 aliphatic heterocycles. The highest BCUT2D eigenvalue weighted by Crippen LogP contribution is 2.21. The number of hydrogen-bond acceptors (Lipinski definition) is 6. The fraction of sp³-hybridized carbons (Fsp3) is 0.300. The zero-order valence-electron chi connectivity index (χ0n) is 15.5. The van der Waals surface area contributed by atoms with Crippen LogP contribution in [0.1, 0.15) is 23.3 Å². The number of piperidine rings is 1. The Morgan fingerprint density at radius 1 is 1.14 bits per heavy atom. The average molecular weight is 379 g/mol. The third-order valence-electron chi connectivity index (χ3n) is 4.66. The van der Waals surface area contributed by atoms with Crippen molar-refractivity contribution in [3.05, 3.63) is 54.2 Å². The summed E-state index contributed by atoms with van der Waals surface area (Å²) in [5.74, 6) is 0.776. The molecule has 8 heteroatoms. The number of nitrogens with one attached hydrogen (secondary N) is 1. The number of likely N-dealkylation sites (tertiary alicyclic amines) is 1. The fourth-order valence-corrected chi connectivity index (χ4v) is 3.23. The van der Waals surface area contributed by atoms with Crippen LogP contribution in [0, 0.1) is 0 Å². The number of H-pyrrole nitrogens is 1. The number of nitrogens with zero attached hydrogens (tertiary/aromatic N) is 4. The third-order valence-corrected chi connectivity index (χ3v) is 4.66. The molecule has 0 radical (unpaired) electrons. The molecule has 0 bridgehead atoms. The maximum absolute atomic E-state index is 12.9. The number of methoxy groups -OCH3 is 1. The normalized spacial score (nSPS) is 16.6. The molecule has 1 N–H and O–H groups in total. The van der Waals surface area contributed by atoms with Crippen molar-refractivity contribution in [2.45, 2.75) is 18.9 Å². The highest BCUT2D eigenvalue weighted by atomic mass is 16.5. The first-order valence-corrected chi connectivity index (χ1v) is 9.17. The third kappa shape index (κ3) is 3.95. The molecule has 0 saturated carbocycles. The predicted octanol–water partition coefficient (Wildman–Crippen LogP) is 2.56. The van der Waals surface area contributed by atoms with E-state index in [0.29, 0.717) is 30.5 Å². The van der Waals surface area contributed by atoms with E-state index in [4.69, 9.17) is 9.47 Å². The van der Waals surface area contributed by atoms with Gasteiger partial charge in [0.15, 0.2) is 0 Å². The quantitative estimate of drug-likeness (QED) is 0.732. The van der Waals surface area contributed by atoms with Gasteiger partial charge in [0.2, 0.25) is 11.8 Å². The molecule has 4 rings (SSSR count). The summed E-state index contributed by atoms with van der Waals surface area (Å²) in [7, 11) is 1.54. The number of carbonyl (C=O) groups excluding carboxylic acids is 1. The van der Waals surface area contributed by atoms with Gasteiger partial charge in [-0.2, -0.15) is 5.10 Å². The summed E-state index contributed by atoms with van der Waals surface area (Å²) < 4.78 is 10.9. The molecule has 1 amide bonds. The number of ether oxygens (including phenoxy) is 2. The maximum atomic E-state index is 12.9. The van der Waals surface area contributed by atoms with Crippen molar-refractivity contribution in [2.75, 3.05) is 20.2 Å². The van der Waals surface area contributed by atoms with Gasteiger partial charge in [0, 0.05) is 24.2 Å². The molecule has 3 heterocycles. The molecular formula is C20H21N5O3. The largest absolute Gasteiger partial charge is 0.480 e. The summed E-state index contributed by atoms with van der Waals surface area (Å²) in [5.41, 5.74) is 2.20. The highest BCUT2D eigenvalue weighted by molar-refractivity contribution is 5.93. The van der Waals surface area contributed by atoms with Crippen molar-refractivity contribution in [1.29, 1.82) is 0 Å². The summed E-state index contributed by atoms with van der Waals surface area (Å²) in [4.78, 5) is 14.7. The molecule has 1 unspecified atom stereocenters. The Labute approximate surface area is 162 Å². The number of aromatic nitrogens is 4. The van der Waals surface area contributed by atoms with Gasteiger partial charge in [0.1, 0.15) is 11.8 Å². The van der Waals surface area contributed by atoms with Crippen LogP contribution in [0.4, 0.5) is 0 Å².